The van der Waals surface area contributed by atoms with Crippen molar-refractivity contribution in [2.45, 2.75) is 0 Å². The third-order valence-corrected chi connectivity index (χ3v) is 3.10. The molecule has 21 heavy (non-hydrogen) atoms. The van der Waals surface area contributed by atoms with Crippen LogP contribution in [0.5, 0.6) is 0 Å². The summed E-state index contributed by atoms with van der Waals surface area (Å²) in [7, 11) is 5.48. The van der Waals surface area contributed by atoms with Crippen molar-refractivity contribution in [1.82, 2.24) is 14.5 Å². The van der Waals surface area contributed by atoms with Crippen molar-refractivity contribution in [3.63, 3.8) is 0 Å². The minimum absolute atomic E-state index is 0.131. The van der Waals surface area contributed by atoms with Crippen molar-refractivity contribution in [3.05, 3.63) is 58.4 Å². The third kappa shape index (κ3) is 3.00. The van der Waals surface area contributed by atoms with Gasteiger partial charge in [0.05, 0.1) is 5.69 Å². The Balaban J connectivity index is 2.75. The van der Waals surface area contributed by atoms with Crippen LogP contribution in [-0.2, 0) is 7.05 Å². The Bertz CT molecular complexity index is 767. The van der Waals surface area contributed by atoms with E-state index in [2.05, 4.69) is 4.98 Å². The Morgan fingerprint density at radius 2 is 2.00 bits per heavy atom. The Labute approximate surface area is 123 Å². The van der Waals surface area contributed by atoms with Gasteiger partial charge in [-0.05, 0) is 29.8 Å². The van der Waals surface area contributed by atoms with E-state index in [1.165, 1.54) is 4.57 Å². The van der Waals surface area contributed by atoms with Gasteiger partial charge in [0.15, 0.2) is 0 Å². The molecule has 0 aliphatic heterocycles. The van der Waals surface area contributed by atoms with Crippen molar-refractivity contribution in [1.29, 1.82) is 5.26 Å². The maximum atomic E-state index is 12.1. The van der Waals surface area contributed by atoms with Crippen LogP contribution in [0.1, 0.15) is 11.3 Å². The number of nitrogens with zero attached hydrogens (tertiary/aromatic N) is 4. The summed E-state index contributed by atoms with van der Waals surface area (Å²) < 4.78 is 1.49. The number of rotatable bonds is 3. The largest absolute Gasteiger partial charge is 0.383 e. The van der Waals surface area contributed by atoms with E-state index in [-0.39, 0.29) is 11.1 Å². The fourth-order valence-electron chi connectivity index (χ4n) is 2.01. The highest BCUT2D eigenvalue weighted by Crippen LogP contribution is 2.23. The minimum atomic E-state index is -0.297. The molecule has 2 rings (SSSR count). The van der Waals surface area contributed by atoms with Gasteiger partial charge in [0, 0.05) is 45.3 Å². The fourth-order valence-corrected chi connectivity index (χ4v) is 2.01. The fraction of sp³-hybridized carbons (Fsp3) is 0.188. The van der Waals surface area contributed by atoms with E-state index in [0.29, 0.717) is 0 Å². The average Bonchev–Trinajstić information content (AvgIpc) is 2.49. The highest BCUT2D eigenvalue weighted by molar-refractivity contribution is 5.74. The van der Waals surface area contributed by atoms with Gasteiger partial charge in [0.2, 0.25) is 0 Å². The predicted octanol–water partition coefficient (Wildman–Crippen LogP) is 1.85. The first-order valence-electron chi connectivity index (χ1n) is 6.43. The predicted molar refractivity (Wildman–Crippen MR) is 82.4 cm³/mol. The molecular formula is C16H16N4O. The van der Waals surface area contributed by atoms with Gasteiger partial charge in [-0.15, -0.1) is 0 Å². The summed E-state index contributed by atoms with van der Waals surface area (Å²) in [6, 6.07) is 7.30. The lowest BCUT2D eigenvalue weighted by molar-refractivity contribution is 0.567. The summed E-state index contributed by atoms with van der Waals surface area (Å²) in [5.41, 5.74) is 2.32. The molecule has 0 radical (unpaired) electrons. The molecule has 5 nitrogen and oxygen atoms in total. The SMILES string of the molecule is CN(C)/C=C/c1c(-c2ccncc2)cc(C#N)c(=O)n1C. The summed E-state index contributed by atoms with van der Waals surface area (Å²) in [6.45, 7) is 0. The van der Waals surface area contributed by atoms with Crippen molar-refractivity contribution in [3.8, 4) is 17.2 Å². The highest BCUT2D eigenvalue weighted by Gasteiger charge is 2.12. The van der Waals surface area contributed by atoms with Crippen molar-refractivity contribution in [2.75, 3.05) is 14.1 Å². The topological polar surface area (TPSA) is 61.9 Å². The Morgan fingerprint density at radius 3 is 2.57 bits per heavy atom. The zero-order valence-corrected chi connectivity index (χ0v) is 12.2. The first kappa shape index (κ1) is 14.5. The molecule has 0 unspecified atom stereocenters. The van der Waals surface area contributed by atoms with Crippen LogP contribution >= 0.6 is 0 Å². The number of aromatic nitrogens is 2. The zero-order chi connectivity index (χ0) is 15.4. The number of nitriles is 1. The first-order valence-corrected chi connectivity index (χ1v) is 6.43. The normalized spacial score (nSPS) is 10.6. The summed E-state index contributed by atoms with van der Waals surface area (Å²) in [4.78, 5) is 18.0. The lowest BCUT2D eigenvalue weighted by atomic mass is 10.0. The standard InChI is InChI=1S/C16H16N4O/c1-19(2)9-6-15-14(12-4-7-18-8-5-12)10-13(11-17)16(21)20(15)3/h4-10H,1-3H3/b9-6+. The van der Waals surface area contributed by atoms with Crippen LogP contribution < -0.4 is 5.56 Å². The van der Waals surface area contributed by atoms with Crippen LogP contribution in [-0.4, -0.2) is 28.5 Å². The quantitative estimate of drug-likeness (QED) is 0.861. The Hall–Kier alpha value is -2.87. The van der Waals surface area contributed by atoms with E-state index in [4.69, 9.17) is 5.26 Å². The molecule has 0 saturated carbocycles. The van der Waals surface area contributed by atoms with Gasteiger partial charge in [0.1, 0.15) is 11.6 Å². The highest BCUT2D eigenvalue weighted by atomic mass is 16.1. The molecule has 2 aromatic heterocycles. The molecule has 0 saturated heterocycles. The summed E-state index contributed by atoms with van der Waals surface area (Å²) in [5, 5.41) is 9.12. The Kier molecular flexibility index (Phi) is 4.19. The molecule has 0 aliphatic rings. The molecule has 106 valence electrons. The molecule has 0 atom stereocenters. The van der Waals surface area contributed by atoms with Crippen LogP contribution in [0.3, 0.4) is 0 Å². The summed E-state index contributed by atoms with van der Waals surface area (Å²) in [6.07, 6.45) is 7.10. The number of pyridine rings is 2. The average molecular weight is 280 g/mol. The third-order valence-electron chi connectivity index (χ3n) is 3.10. The second-order valence-electron chi connectivity index (χ2n) is 4.85. The summed E-state index contributed by atoms with van der Waals surface area (Å²) >= 11 is 0. The van der Waals surface area contributed by atoms with Crippen LogP contribution in [0.2, 0.25) is 0 Å². The molecule has 2 heterocycles. The van der Waals surface area contributed by atoms with Gasteiger partial charge in [0.25, 0.3) is 5.56 Å². The number of hydrogen-bond acceptors (Lipinski definition) is 4. The van der Waals surface area contributed by atoms with Gasteiger partial charge in [-0.3, -0.25) is 9.78 Å². The van der Waals surface area contributed by atoms with E-state index in [0.717, 1.165) is 16.8 Å². The van der Waals surface area contributed by atoms with Crippen molar-refractivity contribution >= 4 is 6.08 Å². The monoisotopic (exact) mass is 280 g/mol. The van der Waals surface area contributed by atoms with E-state index in [9.17, 15) is 4.79 Å². The van der Waals surface area contributed by atoms with Gasteiger partial charge in [-0.25, -0.2) is 0 Å². The van der Waals surface area contributed by atoms with Crippen LogP contribution in [0.15, 0.2) is 41.6 Å². The second-order valence-corrected chi connectivity index (χ2v) is 4.85. The van der Waals surface area contributed by atoms with Gasteiger partial charge >= 0.3 is 0 Å². The van der Waals surface area contributed by atoms with Gasteiger partial charge in [-0.2, -0.15) is 5.26 Å². The number of hydrogen-bond donors (Lipinski definition) is 0. The molecule has 0 aliphatic carbocycles. The molecule has 0 amide bonds. The molecule has 0 spiro atoms. The molecule has 0 N–H and O–H groups in total. The van der Waals surface area contributed by atoms with Crippen LogP contribution in [0.4, 0.5) is 0 Å². The molecule has 0 fully saturated rings. The molecule has 0 aromatic carbocycles. The van der Waals surface area contributed by atoms with Crippen molar-refractivity contribution < 1.29 is 0 Å². The van der Waals surface area contributed by atoms with E-state index in [1.807, 2.05) is 49.5 Å². The smallest absolute Gasteiger partial charge is 0.268 e. The van der Waals surface area contributed by atoms with Crippen LogP contribution in [0.25, 0.3) is 17.2 Å². The van der Waals surface area contributed by atoms with Crippen LogP contribution in [0, 0.1) is 11.3 Å². The second kappa shape index (κ2) is 6.06. The maximum Gasteiger partial charge on any atom is 0.268 e. The van der Waals surface area contributed by atoms with Gasteiger partial charge < -0.3 is 9.47 Å². The molecule has 2 aromatic rings. The zero-order valence-electron chi connectivity index (χ0n) is 12.2. The maximum absolute atomic E-state index is 12.1. The first-order chi connectivity index (χ1) is 10.0. The molecule has 0 bridgehead atoms. The summed E-state index contributed by atoms with van der Waals surface area (Å²) in [5.74, 6) is 0. The lowest BCUT2D eigenvalue weighted by Crippen LogP contribution is -2.22. The molecular weight excluding hydrogens is 264 g/mol. The molecule has 5 heteroatoms. The van der Waals surface area contributed by atoms with E-state index >= 15 is 0 Å². The Morgan fingerprint density at radius 1 is 1.33 bits per heavy atom. The lowest BCUT2D eigenvalue weighted by Gasteiger charge is -2.13. The van der Waals surface area contributed by atoms with Crippen molar-refractivity contribution in [2.24, 2.45) is 7.05 Å². The minimum Gasteiger partial charge on any atom is -0.383 e. The van der Waals surface area contributed by atoms with E-state index in [1.54, 1.807) is 25.5 Å². The van der Waals surface area contributed by atoms with Gasteiger partial charge in [-0.1, -0.05) is 0 Å². The van der Waals surface area contributed by atoms with E-state index < -0.39 is 0 Å².